The van der Waals surface area contributed by atoms with E-state index in [1.807, 2.05) is 30.0 Å². The summed E-state index contributed by atoms with van der Waals surface area (Å²) in [5, 5.41) is 0. The van der Waals surface area contributed by atoms with Gasteiger partial charge in [0.05, 0.1) is 0 Å². The number of nitrogens with zero attached hydrogens (tertiary/aromatic N) is 1. The molecule has 1 aromatic carbocycles. The fraction of sp³-hybridized carbons (Fsp3) is 0.533. The van der Waals surface area contributed by atoms with E-state index in [9.17, 15) is 4.79 Å². The van der Waals surface area contributed by atoms with Crippen molar-refractivity contribution in [2.24, 2.45) is 11.7 Å². The average molecular weight is 325 g/mol. The summed E-state index contributed by atoms with van der Waals surface area (Å²) in [6.07, 6.45) is 2.07. The molecule has 0 aromatic heterocycles. The molecule has 2 rings (SSSR count). The molecule has 4 heteroatoms. The molecule has 0 aliphatic carbocycles. The first-order valence-electron chi connectivity index (χ1n) is 6.80. The first-order valence-corrected chi connectivity index (χ1v) is 7.59. The van der Waals surface area contributed by atoms with Crippen molar-refractivity contribution in [3.63, 3.8) is 0 Å². The van der Waals surface area contributed by atoms with Gasteiger partial charge in [-0.05, 0) is 43.4 Å². The van der Waals surface area contributed by atoms with Crippen LogP contribution in [0.3, 0.4) is 0 Å². The van der Waals surface area contributed by atoms with Crippen LogP contribution in [-0.2, 0) is 0 Å². The average Bonchev–Trinajstić information content (AvgIpc) is 2.40. The molecule has 2 N–H and O–H groups in total. The predicted octanol–water partition coefficient (Wildman–Crippen LogP) is 2.96. The minimum Gasteiger partial charge on any atom is -0.334 e. The molecule has 0 radical (unpaired) electrons. The number of carbonyl (C=O) groups excluding carboxylic acids is 1. The number of aryl methyl sites for hydroxylation is 1. The highest BCUT2D eigenvalue weighted by atomic mass is 79.9. The van der Waals surface area contributed by atoms with Gasteiger partial charge < -0.3 is 10.6 Å². The number of amides is 1. The molecular weight excluding hydrogens is 304 g/mol. The predicted molar refractivity (Wildman–Crippen MR) is 81.2 cm³/mol. The molecule has 0 bridgehead atoms. The van der Waals surface area contributed by atoms with Gasteiger partial charge in [0.1, 0.15) is 0 Å². The van der Waals surface area contributed by atoms with Crippen molar-refractivity contribution < 1.29 is 4.79 Å². The van der Waals surface area contributed by atoms with Crippen molar-refractivity contribution in [1.82, 2.24) is 4.90 Å². The zero-order valence-corrected chi connectivity index (χ0v) is 13.1. The Labute approximate surface area is 123 Å². The number of rotatable bonds is 2. The lowest BCUT2D eigenvalue weighted by molar-refractivity contribution is 0.0573. The van der Waals surface area contributed by atoms with E-state index >= 15 is 0 Å². The van der Waals surface area contributed by atoms with Gasteiger partial charge in [-0.2, -0.15) is 0 Å². The van der Waals surface area contributed by atoms with Crippen LogP contribution in [0.2, 0.25) is 0 Å². The Bertz CT molecular complexity index is 475. The van der Waals surface area contributed by atoms with Crippen molar-refractivity contribution in [3.05, 3.63) is 33.8 Å². The van der Waals surface area contributed by atoms with Gasteiger partial charge >= 0.3 is 0 Å². The molecular formula is C15H21BrN2O. The second-order valence-electron chi connectivity index (χ2n) is 5.48. The first kappa shape index (κ1) is 14.5. The Balaban J connectivity index is 2.25. The number of nitrogens with two attached hydrogens (primary N) is 1. The van der Waals surface area contributed by atoms with E-state index in [-0.39, 0.29) is 11.9 Å². The molecule has 0 saturated carbocycles. The summed E-state index contributed by atoms with van der Waals surface area (Å²) in [5.41, 5.74) is 7.63. The van der Waals surface area contributed by atoms with Crippen LogP contribution < -0.4 is 5.73 Å². The zero-order chi connectivity index (χ0) is 14.0. The Morgan fingerprint density at radius 2 is 2.26 bits per heavy atom. The standard InChI is InChI=1S/C15H21BrN2O/c1-10-5-6-18(13(7-10)9-17)15(19)14-8-12(16)4-3-11(14)2/h3-4,8,10,13H,5-7,9,17H2,1-2H3. The zero-order valence-electron chi connectivity index (χ0n) is 11.5. The van der Waals surface area contributed by atoms with Crippen LogP contribution in [-0.4, -0.2) is 29.9 Å². The number of piperidine rings is 1. The molecule has 1 saturated heterocycles. The number of likely N-dealkylation sites (tertiary alicyclic amines) is 1. The van der Waals surface area contributed by atoms with Crippen molar-refractivity contribution in [2.45, 2.75) is 32.7 Å². The van der Waals surface area contributed by atoms with Crippen molar-refractivity contribution >= 4 is 21.8 Å². The quantitative estimate of drug-likeness (QED) is 0.909. The molecule has 2 unspecified atom stereocenters. The highest BCUT2D eigenvalue weighted by molar-refractivity contribution is 9.10. The van der Waals surface area contributed by atoms with E-state index in [1.165, 1.54) is 0 Å². The van der Waals surface area contributed by atoms with Crippen LogP contribution in [0.4, 0.5) is 0 Å². The van der Waals surface area contributed by atoms with E-state index in [1.54, 1.807) is 0 Å². The number of carbonyl (C=O) groups is 1. The third-order valence-corrected chi connectivity index (χ3v) is 4.43. The molecule has 1 amide bonds. The second-order valence-corrected chi connectivity index (χ2v) is 6.39. The van der Waals surface area contributed by atoms with Crippen molar-refractivity contribution in [1.29, 1.82) is 0 Å². The summed E-state index contributed by atoms with van der Waals surface area (Å²) in [4.78, 5) is 14.7. The van der Waals surface area contributed by atoms with E-state index in [4.69, 9.17) is 5.73 Å². The number of benzene rings is 1. The molecule has 1 aliphatic rings. The van der Waals surface area contributed by atoms with Gasteiger partial charge in [0.15, 0.2) is 0 Å². The van der Waals surface area contributed by atoms with Crippen molar-refractivity contribution in [3.8, 4) is 0 Å². The number of halogens is 1. The molecule has 1 aromatic rings. The van der Waals surface area contributed by atoms with Gasteiger partial charge in [-0.25, -0.2) is 0 Å². The van der Waals surface area contributed by atoms with E-state index in [0.29, 0.717) is 12.5 Å². The maximum Gasteiger partial charge on any atom is 0.254 e. The number of hydrogen-bond donors (Lipinski definition) is 1. The lowest BCUT2D eigenvalue weighted by Gasteiger charge is -2.38. The van der Waals surface area contributed by atoms with Crippen molar-refractivity contribution in [2.75, 3.05) is 13.1 Å². The Hall–Kier alpha value is -0.870. The largest absolute Gasteiger partial charge is 0.334 e. The molecule has 1 fully saturated rings. The summed E-state index contributed by atoms with van der Waals surface area (Å²) in [6.45, 7) is 5.56. The van der Waals surface area contributed by atoms with Crippen LogP contribution in [0.1, 0.15) is 35.7 Å². The third kappa shape index (κ3) is 3.18. The van der Waals surface area contributed by atoms with E-state index in [2.05, 4.69) is 22.9 Å². The smallest absolute Gasteiger partial charge is 0.254 e. The van der Waals surface area contributed by atoms with Gasteiger partial charge in [0, 0.05) is 29.2 Å². The van der Waals surface area contributed by atoms with Gasteiger partial charge in [0.25, 0.3) is 5.91 Å². The Morgan fingerprint density at radius 1 is 1.53 bits per heavy atom. The summed E-state index contributed by atoms with van der Waals surface area (Å²) in [7, 11) is 0. The Kier molecular flexibility index (Phi) is 4.63. The number of hydrogen-bond acceptors (Lipinski definition) is 2. The highest BCUT2D eigenvalue weighted by Crippen LogP contribution is 2.25. The summed E-state index contributed by atoms with van der Waals surface area (Å²) in [5.74, 6) is 0.766. The molecule has 3 nitrogen and oxygen atoms in total. The normalized spacial score (nSPS) is 23.5. The molecule has 19 heavy (non-hydrogen) atoms. The molecule has 104 valence electrons. The summed E-state index contributed by atoms with van der Waals surface area (Å²) >= 11 is 3.43. The van der Waals surface area contributed by atoms with Crippen LogP contribution in [0.25, 0.3) is 0 Å². The topological polar surface area (TPSA) is 46.3 Å². The summed E-state index contributed by atoms with van der Waals surface area (Å²) < 4.78 is 0.941. The van der Waals surface area contributed by atoms with Gasteiger partial charge in [-0.1, -0.05) is 28.9 Å². The monoisotopic (exact) mass is 324 g/mol. The van der Waals surface area contributed by atoms with E-state index < -0.39 is 0 Å². The van der Waals surface area contributed by atoms with Gasteiger partial charge in [-0.15, -0.1) is 0 Å². The fourth-order valence-electron chi connectivity index (χ4n) is 2.72. The van der Waals surface area contributed by atoms with Gasteiger partial charge in [-0.3, -0.25) is 4.79 Å². The maximum atomic E-state index is 12.7. The van der Waals surface area contributed by atoms with Crippen LogP contribution >= 0.6 is 15.9 Å². The second kappa shape index (κ2) is 6.06. The minimum absolute atomic E-state index is 0.112. The maximum absolute atomic E-state index is 12.7. The molecule has 0 spiro atoms. The van der Waals surface area contributed by atoms with Gasteiger partial charge in [0.2, 0.25) is 0 Å². The third-order valence-electron chi connectivity index (χ3n) is 3.94. The minimum atomic E-state index is 0.112. The molecule has 1 aliphatic heterocycles. The lowest BCUT2D eigenvalue weighted by Crippen LogP contribution is -2.49. The summed E-state index contributed by atoms with van der Waals surface area (Å²) in [6, 6.07) is 6.02. The van der Waals surface area contributed by atoms with Crippen LogP contribution in [0, 0.1) is 12.8 Å². The molecule has 1 heterocycles. The fourth-order valence-corrected chi connectivity index (χ4v) is 3.08. The Morgan fingerprint density at radius 3 is 2.95 bits per heavy atom. The van der Waals surface area contributed by atoms with Crippen LogP contribution in [0.5, 0.6) is 0 Å². The lowest BCUT2D eigenvalue weighted by atomic mass is 9.91. The molecule has 2 atom stereocenters. The SMILES string of the molecule is Cc1ccc(Br)cc1C(=O)N1CCC(C)CC1CN. The first-order chi connectivity index (χ1) is 9.02. The van der Waals surface area contributed by atoms with E-state index in [0.717, 1.165) is 35.0 Å². The highest BCUT2D eigenvalue weighted by Gasteiger charge is 2.30. The van der Waals surface area contributed by atoms with Crippen LogP contribution in [0.15, 0.2) is 22.7 Å².